The lowest BCUT2D eigenvalue weighted by atomic mass is 10.0. The molecule has 2 aromatic rings. The van der Waals surface area contributed by atoms with Crippen LogP contribution in [0.4, 0.5) is 0 Å². The van der Waals surface area contributed by atoms with E-state index >= 15 is 0 Å². The second-order valence-electron chi connectivity index (χ2n) is 8.19. The van der Waals surface area contributed by atoms with Crippen molar-refractivity contribution in [1.29, 1.82) is 0 Å². The molecule has 1 saturated carbocycles. The Kier molecular flexibility index (Phi) is 5.11. The maximum atomic E-state index is 12.8. The highest BCUT2D eigenvalue weighted by molar-refractivity contribution is 5.77. The quantitative estimate of drug-likeness (QED) is 0.774. The van der Waals surface area contributed by atoms with Gasteiger partial charge in [0.15, 0.2) is 0 Å². The number of nitrogens with zero attached hydrogens (tertiary/aromatic N) is 2. The third-order valence-corrected chi connectivity index (χ3v) is 6.30. The average Bonchev–Trinajstić information content (AvgIpc) is 3.29. The number of carbonyl (C=O) groups is 1. The van der Waals surface area contributed by atoms with Crippen molar-refractivity contribution in [3.8, 4) is 0 Å². The molecule has 0 bridgehead atoms. The number of fused-ring (bicyclic) bond motifs is 1. The third-order valence-electron chi connectivity index (χ3n) is 6.30. The standard InChI is InChI=1S/C23H28N2O3/c1-15-10-22(26)24(2)21-14-25(13-20(15)21)23(27)12-18-11-19(18)17-6-4-16(5-7-17)8-9-28-3/h4-7,10,18-19H,8-9,11-14H2,1-3H3. The van der Waals surface area contributed by atoms with Gasteiger partial charge >= 0.3 is 0 Å². The number of aromatic nitrogens is 1. The lowest BCUT2D eigenvalue weighted by Gasteiger charge is -2.15. The molecule has 1 aromatic heterocycles. The molecule has 2 unspecified atom stereocenters. The maximum Gasteiger partial charge on any atom is 0.250 e. The molecule has 0 N–H and O–H groups in total. The van der Waals surface area contributed by atoms with Gasteiger partial charge in [0.2, 0.25) is 5.91 Å². The van der Waals surface area contributed by atoms with Gasteiger partial charge in [0, 0.05) is 38.9 Å². The summed E-state index contributed by atoms with van der Waals surface area (Å²) in [7, 11) is 3.52. The van der Waals surface area contributed by atoms with Gasteiger partial charge in [-0.2, -0.15) is 0 Å². The summed E-state index contributed by atoms with van der Waals surface area (Å²) in [5.74, 6) is 1.13. The molecule has 0 radical (unpaired) electrons. The zero-order chi connectivity index (χ0) is 19.8. The van der Waals surface area contributed by atoms with Crippen molar-refractivity contribution in [3.05, 3.63) is 68.6 Å². The van der Waals surface area contributed by atoms with E-state index in [-0.39, 0.29) is 11.5 Å². The number of hydrogen-bond acceptors (Lipinski definition) is 3. The van der Waals surface area contributed by atoms with Crippen molar-refractivity contribution < 1.29 is 9.53 Å². The van der Waals surface area contributed by atoms with E-state index in [4.69, 9.17) is 4.74 Å². The Balaban J connectivity index is 1.35. The fourth-order valence-electron chi connectivity index (χ4n) is 4.34. The van der Waals surface area contributed by atoms with Gasteiger partial charge in [0.05, 0.1) is 13.2 Å². The van der Waals surface area contributed by atoms with E-state index in [0.29, 0.717) is 31.3 Å². The molecule has 148 valence electrons. The normalized spacial score (nSPS) is 20.3. The van der Waals surface area contributed by atoms with Crippen molar-refractivity contribution in [2.24, 2.45) is 13.0 Å². The Labute approximate surface area is 165 Å². The summed E-state index contributed by atoms with van der Waals surface area (Å²) in [6.07, 6.45) is 2.61. The number of hydrogen-bond donors (Lipinski definition) is 0. The van der Waals surface area contributed by atoms with E-state index < -0.39 is 0 Å². The second kappa shape index (κ2) is 7.55. The first-order chi connectivity index (χ1) is 13.5. The highest BCUT2D eigenvalue weighted by Gasteiger charge is 2.41. The number of rotatable bonds is 6. The molecule has 2 aliphatic rings. The monoisotopic (exact) mass is 380 g/mol. The SMILES string of the molecule is COCCc1ccc(C2CC2CC(=O)N2Cc3c(C)cc(=O)n(C)c3C2)cc1. The third kappa shape index (κ3) is 3.63. The lowest BCUT2D eigenvalue weighted by Crippen LogP contribution is -2.26. The summed E-state index contributed by atoms with van der Waals surface area (Å²) in [6.45, 7) is 3.87. The zero-order valence-corrected chi connectivity index (χ0v) is 16.9. The van der Waals surface area contributed by atoms with Gasteiger partial charge in [-0.05, 0) is 53.9 Å². The zero-order valence-electron chi connectivity index (χ0n) is 16.9. The van der Waals surface area contributed by atoms with Crippen LogP contribution >= 0.6 is 0 Å². The summed E-state index contributed by atoms with van der Waals surface area (Å²) in [5.41, 5.74) is 5.73. The molecular weight excluding hydrogens is 352 g/mol. The van der Waals surface area contributed by atoms with Crippen LogP contribution in [0.5, 0.6) is 0 Å². The maximum absolute atomic E-state index is 12.8. The predicted molar refractivity (Wildman–Crippen MR) is 108 cm³/mol. The first-order valence-electron chi connectivity index (χ1n) is 10.0. The Bertz CT molecular complexity index is 946. The fourth-order valence-corrected chi connectivity index (χ4v) is 4.34. The number of methoxy groups -OCH3 is 1. The minimum atomic E-state index is 0.00162. The molecule has 5 heteroatoms. The number of benzene rings is 1. The van der Waals surface area contributed by atoms with Crippen LogP contribution in [-0.2, 0) is 36.1 Å². The molecule has 5 nitrogen and oxygen atoms in total. The molecule has 4 rings (SSSR count). The highest BCUT2D eigenvalue weighted by atomic mass is 16.5. The van der Waals surface area contributed by atoms with Gasteiger partial charge in [-0.15, -0.1) is 0 Å². The molecule has 2 atom stereocenters. The van der Waals surface area contributed by atoms with E-state index in [0.717, 1.165) is 36.3 Å². The molecule has 2 heterocycles. The van der Waals surface area contributed by atoms with E-state index in [2.05, 4.69) is 24.3 Å². The average molecular weight is 380 g/mol. The molecular formula is C23H28N2O3. The largest absolute Gasteiger partial charge is 0.384 e. The molecule has 1 aromatic carbocycles. The first-order valence-corrected chi connectivity index (χ1v) is 10.0. The summed E-state index contributed by atoms with van der Waals surface area (Å²) in [5, 5.41) is 0. The molecule has 1 amide bonds. The van der Waals surface area contributed by atoms with Crippen molar-refractivity contribution in [2.75, 3.05) is 13.7 Å². The number of carbonyl (C=O) groups excluding carboxylic acids is 1. The Morgan fingerprint density at radius 3 is 2.68 bits per heavy atom. The van der Waals surface area contributed by atoms with Crippen molar-refractivity contribution >= 4 is 5.91 Å². The van der Waals surface area contributed by atoms with Crippen molar-refractivity contribution in [1.82, 2.24) is 9.47 Å². The van der Waals surface area contributed by atoms with Gasteiger partial charge in [-0.1, -0.05) is 24.3 Å². The topological polar surface area (TPSA) is 51.5 Å². The van der Waals surface area contributed by atoms with Crippen LogP contribution in [0, 0.1) is 12.8 Å². The van der Waals surface area contributed by atoms with Crippen molar-refractivity contribution in [3.63, 3.8) is 0 Å². The number of ether oxygens (including phenoxy) is 1. The fraction of sp³-hybridized carbons (Fsp3) is 0.478. The summed E-state index contributed by atoms with van der Waals surface area (Å²) >= 11 is 0. The predicted octanol–water partition coefficient (Wildman–Crippen LogP) is 2.92. The molecule has 1 aliphatic heterocycles. The Morgan fingerprint density at radius 2 is 1.96 bits per heavy atom. The number of pyridine rings is 1. The van der Waals surface area contributed by atoms with Crippen molar-refractivity contribution in [2.45, 2.75) is 45.2 Å². The van der Waals surface area contributed by atoms with Crippen LogP contribution in [0.3, 0.4) is 0 Å². The van der Waals surface area contributed by atoms with Gasteiger partial charge in [-0.25, -0.2) is 0 Å². The lowest BCUT2D eigenvalue weighted by molar-refractivity contribution is -0.132. The van der Waals surface area contributed by atoms with Gasteiger partial charge in [-0.3, -0.25) is 9.59 Å². The molecule has 1 fully saturated rings. The van der Waals surface area contributed by atoms with E-state index in [1.54, 1.807) is 24.8 Å². The van der Waals surface area contributed by atoms with E-state index in [9.17, 15) is 9.59 Å². The molecule has 28 heavy (non-hydrogen) atoms. The van der Waals surface area contributed by atoms with Crippen LogP contribution in [0.25, 0.3) is 0 Å². The highest BCUT2D eigenvalue weighted by Crippen LogP contribution is 2.50. The van der Waals surface area contributed by atoms with Gasteiger partial charge in [0.25, 0.3) is 5.56 Å². The van der Waals surface area contributed by atoms with Gasteiger partial charge < -0.3 is 14.2 Å². The smallest absolute Gasteiger partial charge is 0.250 e. The van der Waals surface area contributed by atoms with Crippen LogP contribution in [0.15, 0.2) is 35.1 Å². The van der Waals surface area contributed by atoms with Crippen LogP contribution in [0.1, 0.15) is 46.7 Å². The van der Waals surface area contributed by atoms with E-state index in [1.165, 1.54) is 11.1 Å². The second-order valence-corrected chi connectivity index (χ2v) is 8.19. The Morgan fingerprint density at radius 1 is 1.21 bits per heavy atom. The Hall–Kier alpha value is -2.40. The van der Waals surface area contributed by atoms with E-state index in [1.807, 2.05) is 11.8 Å². The number of amides is 1. The number of aryl methyl sites for hydroxylation is 1. The van der Waals surface area contributed by atoms with Gasteiger partial charge in [0.1, 0.15) is 0 Å². The minimum Gasteiger partial charge on any atom is -0.384 e. The molecule has 0 spiro atoms. The minimum absolute atomic E-state index is 0.00162. The van der Waals surface area contributed by atoms with Crippen LogP contribution in [-0.4, -0.2) is 29.1 Å². The summed E-state index contributed by atoms with van der Waals surface area (Å²) < 4.78 is 6.81. The van der Waals surface area contributed by atoms with Crippen LogP contribution in [0.2, 0.25) is 0 Å². The summed E-state index contributed by atoms with van der Waals surface area (Å²) in [4.78, 5) is 26.7. The van der Waals surface area contributed by atoms with Crippen LogP contribution < -0.4 is 5.56 Å². The summed E-state index contributed by atoms with van der Waals surface area (Å²) in [6, 6.07) is 10.4. The first kappa shape index (κ1) is 18.9. The molecule has 1 aliphatic carbocycles. The molecule has 0 saturated heterocycles.